The lowest BCUT2D eigenvalue weighted by atomic mass is 10.2. The second kappa shape index (κ2) is 5.04. The molecule has 16 heavy (non-hydrogen) atoms. The summed E-state index contributed by atoms with van der Waals surface area (Å²) in [5.41, 5.74) is 0.206. The van der Waals surface area contributed by atoms with Gasteiger partial charge in [-0.1, -0.05) is 5.21 Å². The Bertz CT molecular complexity index is 375. The molecule has 0 aliphatic carbocycles. The summed E-state index contributed by atoms with van der Waals surface area (Å²) in [4.78, 5) is 10.9. The molecule has 1 heterocycles. The fourth-order valence-electron chi connectivity index (χ4n) is 1.28. The van der Waals surface area contributed by atoms with E-state index in [4.69, 9.17) is 9.84 Å². The molecule has 2 atom stereocenters. The Kier molecular flexibility index (Phi) is 3.97. The molecule has 0 saturated carbocycles. The number of hydrogen-bond acceptors (Lipinski definition) is 5. The molecule has 0 aliphatic heterocycles. The number of aliphatic hydroxyl groups excluding tert-OH is 1. The van der Waals surface area contributed by atoms with Crippen LogP contribution in [0.4, 0.5) is 0 Å². The summed E-state index contributed by atoms with van der Waals surface area (Å²) in [5.74, 6) is -1.16. The van der Waals surface area contributed by atoms with Crippen LogP contribution in [0, 0.1) is 0 Å². The molecule has 0 aliphatic rings. The Balaban J connectivity index is 3.14. The summed E-state index contributed by atoms with van der Waals surface area (Å²) >= 11 is 0. The van der Waals surface area contributed by atoms with Crippen molar-refractivity contribution >= 4 is 5.97 Å². The number of carbonyl (C=O) groups is 1. The number of hydrogen-bond donors (Lipinski definition) is 2. The van der Waals surface area contributed by atoms with Gasteiger partial charge in [0.2, 0.25) is 0 Å². The minimum Gasteiger partial charge on any atom is -0.476 e. The van der Waals surface area contributed by atoms with Crippen molar-refractivity contribution in [2.45, 2.75) is 32.6 Å². The first kappa shape index (κ1) is 12.6. The van der Waals surface area contributed by atoms with Gasteiger partial charge in [0.25, 0.3) is 0 Å². The highest BCUT2D eigenvalue weighted by atomic mass is 16.5. The zero-order valence-corrected chi connectivity index (χ0v) is 9.41. The van der Waals surface area contributed by atoms with Gasteiger partial charge in [-0.25, -0.2) is 9.48 Å². The van der Waals surface area contributed by atoms with Crippen LogP contribution in [0.1, 0.15) is 36.1 Å². The molecule has 2 unspecified atom stereocenters. The average Bonchev–Trinajstić information content (AvgIpc) is 2.61. The molecule has 0 saturated heterocycles. The van der Waals surface area contributed by atoms with Crippen molar-refractivity contribution in [3.05, 3.63) is 11.4 Å². The van der Waals surface area contributed by atoms with E-state index < -0.39 is 12.1 Å². The predicted molar refractivity (Wildman–Crippen MR) is 54.1 cm³/mol. The van der Waals surface area contributed by atoms with Crippen LogP contribution < -0.4 is 0 Å². The lowest BCUT2D eigenvalue weighted by molar-refractivity contribution is 0.0683. The highest BCUT2D eigenvalue weighted by Gasteiger charge is 2.23. The number of nitrogens with zero attached hydrogens (tertiary/aromatic N) is 3. The van der Waals surface area contributed by atoms with Gasteiger partial charge < -0.3 is 14.9 Å². The monoisotopic (exact) mass is 229 g/mol. The van der Waals surface area contributed by atoms with Gasteiger partial charge >= 0.3 is 5.97 Å². The Morgan fingerprint density at radius 1 is 1.56 bits per heavy atom. The summed E-state index contributed by atoms with van der Waals surface area (Å²) in [5, 5.41) is 25.6. The number of aromatic carboxylic acids is 1. The first-order chi connectivity index (χ1) is 7.49. The number of carboxylic acid groups (broad SMARTS) is 1. The van der Waals surface area contributed by atoms with Gasteiger partial charge in [-0.3, -0.25) is 0 Å². The van der Waals surface area contributed by atoms with Crippen LogP contribution in [-0.2, 0) is 11.3 Å². The van der Waals surface area contributed by atoms with Crippen LogP contribution >= 0.6 is 0 Å². The largest absolute Gasteiger partial charge is 0.476 e. The summed E-state index contributed by atoms with van der Waals surface area (Å²) in [6.45, 7) is 3.42. The molecule has 0 amide bonds. The molecule has 7 heteroatoms. The first-order valence-corrected chi connectivity index (χ1v) is 4.83. The SMILES string of the molecule is COCc1c(C(=O)O)nnn1C(C)C(C)O. The van der Waals surface area contributed by atoms with Crippen molar-refractivity contribution in [3.8, 4) is 0 Å². The smallest absolute Gasteiger partial charge is 0.358 e. The van der Waals surface area contributed by atoms with E-state index in [0.717, 1.165) is 0 Å². The third-order valence-corrected chi connectivity index (χ3v) is 2.36. The second-order valence-electron chi connectivity index (χ2n) is 3.55. The third-order valence-electron chi connectivity index (χ3n) is 2.36. The number of methoxy groups -OCH3 is 1. The maximum absolute atomic E-state index is 10.9. The normalized spacial score (nSPS) is 14.8. The fraction of sp³-hybridized carbons (Fsp3) is 0.667. The first-order valence-electron chi connectivity index (χ1n) is 4.83. The lowest BCUT2D eigenvalue weighted by Gasteiger charge is -2.16. The molecule has 0 spiro atoms. The van der Waals surface area contributed by atoms with Crippen molar-refractivity contribution in [3.63, 3.8) is 0 Å². The minimum atomic E-state index is -1.16. The quantitative estimate of drug-likeness (QED) is 0.741. The van der Waals surface area contributed by atoms with Crippen LogP contribution in [0.15, 0.2) is 0 Å². The van der Waals surface area contributed by atoms with Gasteiger partial charge in [0.15, 0.2) is 5.69 Å². The molecule has 0 bridgehead atoms. The highest BCUT2D eigenvalue weighted by molar-refractivity contribution is 5.86. The number of aliphatic hydroxyl groups is 1. The molecular weight excluding hydrogens is 214 g/mol. The molecule has 0 radical (unpaired) electrons. The third kappa shape index (κ3) is 2.37. The molecular formula is C9H15N3O4. The van der Waals surface area contributed by atoms with Gasteiger partial charge in [-0.15, -0.1) is 5.10 Å². The van der Waals surface area contributed by atoms with Crippen molar-refractivity contribution < 1.29 is 19.7 Å². The summed E-state index contributed by atoms with van der Waals surface area (Å²) in [6.07, 6.45) is -0.654. The molecule has 0 aromatic carbocycles. The molecule has 1 rings (SSSR count). The predicted octanol–water partition coefficient (Wildman–Crippen LogP) is 0.0645. The van der Waals surface area contributed by atoms with Gasteiger partial charge in [0.05, 0.1) is 24.4 Å². The van der Waals surface area contributed by atoms with E-state index in [0.29, 0.717) is 5.69 Å². The number of aromatic nitrogens is 3. The van der Waals surface area contributed by atoms with Gasteiger partial charge in [0.1, 0.15) is 0 Å². The average molecular weight is 229 g/mol. The summed E-state index contributed by atoms with van der Waals surface area (Å²) in [7, 11) is 1.45. The van der Waals surface area contributed by atoms with E-state index in [1.807, 2.05) is 0 Å². The zero-order chi connectivity index (χ0) is 12.3. The minimum absolute atomic E-state index is 0.0890. The Morgan fingerprint density at radius 3 is 2.62 bits per heavy atom. The van der Waals surface area contributed by atoms with E-state index in [-0.39, 0.29) is 18.3 Å². The standard InChI is InChI=1S/C9H15N3O4/c1-5(6(2)13)12-7(4-16-3)8(9(14)15)10-11-12/h5-6,13H,4H2,1-3H3,(H,14,15). The summed E-state index contributed by atoms with van der Waals surface area (Å²) < 4.78 is 6.27. The maximum atomic E-state index is 10.9. The lowest BCUT2D eigenvalue weighted by Crippen LogP contribution is -2.22. The molecule has 2 N–H and O–H groups in total. The van der Waals surface area contributed by atoms with Crippen molar-refractivity contribution in [2.75, 3.05) is 7.11 Å². The Morgan fingerprint density at radius 2 is 2.19 bits per heavy atom. The van der Waals surface area contributed by atoms with E-state index in [1.165, 1.54) is 11.8 Å². The van der Waals surface area contributed by atoms with Gasteiger partial charge in [-0.05, 0) is 13.8 Å². The van der Waals surface area contributed by atoms with Gasteiger partial charge in [-0.2, -0.15) is 0 Å². The number of rotatable bonds is 5. The van der Waals surface area contributed by atoms with Gasteiger partial charge in [0, 0.05) is 7.11 Å². The zero-order valence-electron chi connectivity index (χ0n) is 9.41. The van der Waals surface area contributed by atoms with Crippen LogP contribution in [0.5, 0.6) is 0 Å². The number of ether oxygens (including phenoxy) is 1. The Hall–Kier alpha value is -1.47. The van der Waals surface area contributed by atoms with Crippen molar-refractivity contribution in [2.24, 2.45) is 0 Å². The maximum Gasteiger partial charge on any atom is 0.358 e. The van der Waals surface area contributed by atoms with Crippen LogP contribution in [-0.4, -0.2) is 44.4 Å². The van der Waals surface area contributed by atoms with E-state index in [1.54, 1.807) is 13.8 Å². The van der Waals surface area contributed by atoms with Crippen LogP contribution in [0.25, 0.3) is 0 Å². The van der Waals surface area contributed by atoms with E-state index in [9.17, 15) is 9.90 Å². The van der Waals surface area contributed by atoms with Crippen LogP contribution in [0.3, 0.4) is 0 Å². The van der Waals surface area contributed by atoms with Crippen molar-refractivity contribution in [1.82, 2.24) is 15.0 Å². The highest BCUT2D eigenvalue weighted by Crippen LogP contribution is 2.16. The molecule has 1 aromatic rings. The number of carboxylic acids is 1. The molecule has 7 nitrogen and oxygen atoms in total. The van der Waals surface area contributed by atoms with E-state index in [2.05, 4.69) is 10.3 Å². The molecule has 0 fully saturated rings. The topological polar surface area (TPSA) is 97.5 Å². The second-order valence-corrected chi connectivity index (χ2v) is 3.55. The fourth-order valence-corrected chi connectivity index (χ4v) is 1.28. The molecule has 90 valence electrons. The Labute approximate surface area is 92.6 Å². The van der Waals surface area contributed by atoms with E-state index >= 15 is 0 Å². The molecule has 1 aromatic heterocycles. The van der Waals surface area contributed by atoms with Crippen molar-refractivity contribution in [1.29, 1.82) is 0 Å². The summed E-state index contributed by atoms with van der Waals surface area (Å²) in [6, 6.07) is -0.356. The van der Waals surface area contributed by atoms with Crippen LogP contribution in [0.2, 0.25) is 0 Å².